The summed E-state index contributed by atoms with van der Waals surface area (Å²) in [4.78, 5) is 8.92. The largest absolute Gasteiger partial charge is 0.617 e. The molecule has 4 rings (SSSR count). The van der Waals surface area contributed by atoms with E-state index in [0.717, 1.165) is 38.7 Å². The van der Waals surface area contributed by atoms with E-state index in [-0.39, 0.29) is 5.92 Å². The Morgan fingerprint density at radius 3 is 2.67 bits per heavy atom. The van der Waals surface area contributed by atoms with Gasteiger partial charge in [0, 0.05) is 34.8 Å². The lowest BCUT2D eigenvalue weighted by atomic mass is 9.93. The molecule has 0 aliphatic heterocycles. The maximum Gasteiger partial charge on any atom is 0.206 e. The molecule has 5 nitrogen and oxygen atoms in total. The van der Waals surface area contributed by atoms with Crippen LogP contribution in [0.5, 0.6) is 5.75 Å². The van der Waals surface area contributed by atoms with Crippen molar-refractivity contribution in [2.45, 2.75) is 19.8 Å². The Bertz CT molecular complexity index is 1290. The van der Waals surface area contributed by atoms with Crippen LogP contribution in [0.3, 0.4) is 0 Å². The fourth-order valence-corrected chi connectivity index (χ4v) is 5.14. The molecule has 2 heterocycles. The second-order valence-corrected chi connectivity index (χ2v) is 10.8. The SMILES string of the molecule is CCS(=O)Oc1cncc(-c2cccc(-c3cc(C(C)C[S+](C)[O-])cc4cccnc34)c2)c1. The lowest BCUT2D eigenvalue weighted by molar-refractivity contribution is 0.561. The Labute approximate surface area is 200 Å². The van der Waals surface area contributed by atoms with Crippen LogP contribution in [0, 0.1) is 0 Å². The average molecular weight is 479 g/mol. The van der Waals surface area contributed by atoms with Gasteiger partial charge in [-0.3, -0.25) is 9.97 Å². The molecular weight excluding hydrogens is 452 g/mol. The highest BCUT2D eigenvalue weighted by molar-refractivity contribution is 7.90. The summed E-state index contributed by atoms with van der Waals surface area (Å²) in [5.41, 5.74) is 6.00. The molecule has 0 fully saturated rings. The molecule has 2 aromatic heterocycles. The highest BCUT2D eigenvalue weighted by Crippen LogP contribution is 2.34. The third kappa shape index (κ3) is 5.61. The minimum atomic E-state index is -1.37. The van der Waals surface area contributed by atoms with Gasteiger partial charge in [-0.25, -0.2) is 4.21 Å². The standard InChI is InChI=1S/C26H26N2O3S2/c1-4-33(30)31-24-13-23(15-27-16-24)19-7-5-8-20(11-19)25-14-22(18(2)17-32(3)29)12-21-9-6-10-28-26(21)25/h5-16,18H,4,17H2,1-3H3. The quantitative estimate of drug-likeness (QED) is 0.312. The van der Waals surface area contributed by atoms with Gasteiger partial charge >= 0.3 is 0 Å². The average Bonchev–Trinajstić information content (AvgIpc) is 2.83. The van der Waals surface area contributed by atoms with E-state index >= 15 is 0 Å². The van der Waals surface area contributed by atoms with E-state index < -0.39 is 22.3 Å². The van der Waals surface area contributed by atoms with Crippen LogP contribution in [0.15, 0.2) is 73.2 Å². The molecular formula is C26H26N2O3S2. The molecule has 0 N–H and O–H groups in total. The number of benzene rings is 2. The zero-order valence-corrected chi connectivity index (χ0v) is 20.5. The number of pyridine rings is 2. The minimum absolute atomic E-state index is 0.167. The predicted octanol–water partition coefficient (Wildman–Crippen LogP) is 5.51. The van der Waals surface area contributed by atoms with Crippen molar-refractivity contribution in [2.75, 3.05) is 17.8 Å². The van der Waals surface area contributed by atoms with Crippen molar-refractivity contribution in [3.63, 3.8) is 0 Å². The number of hydrogen-bond donors (Lipinski definition) is 0. The van der Waals surface area contributed by atoms with Crippen LogP contribution in [-0.2, 0) is 22.3 Å². The molecule has 3 unspecified atom stereocenters. The summed E-state index contributed by atoms with van der Waals surface area (Å²) >= 11 is -2.25. The highest BCUT2D eigenvalue weighted by Gasteiger charge is 2.16. The summed E-state index contributed by atoms with van der Waals surface area (Å²) in [6.45, 7) is 3.92. The number of rotatable bonds is 8. The summed E-state index contributed by atoms with van der Waals surface area (Å²) < 4.78 is 29.1. The van der Waals surface area contributed by atoms with Crippen LogP contribution in [0.2, 0.25) is 0 Å². The van der Waals surface area contributed by atoms with Crippen LogP contribution in [0.1, 0.15) is 25.3 Å². The lowest BCUT2D eigenvalue weighted by Gasteiger charge is -2.16. The molecule has 0 amide bonds. The van der Waals surface area contributed by atoms with E-state index in [9.17, 15) is 8.76 Å². The smallest absolute Gasteiger partial charge is 0.206 e. The van der Waals surface area contributed by atoms with Gasteiger partial charge in [0.1, 0.15) is 5.75 Å². The van der Waals surface area contributed by atoms with E-state index in [0.29, 0.717) is 17.3 Å². The second-order valence-electron chi connectivity index (χ2n) is 7.95. The van der Waals surface area contributed by atoms with Gasteiger partial charge in [-0.1, -0.05) is 49.3 Å². The Morgan fingerprint density at radius 1 is 1.06 bits per heavy atom. The Morgan fingerprint density at radius 2 is 1.88 bits per heavy atom. The van der Waals surface area contributed by atoms with Gasteiger partial charge in [0.2, 0.25) is 11.1 Å². The van der Waals surface area contributed by atoms with E-state index in [1.54, 1.807) is 24.8 Å². The third-order valence-electron chi connectivity index (χ3n) is 5.43. The maximum absolute atomic E-state index is 11.8. The third-order valence-corrected chi connectivity index (χ3v) is 7.25. The molecule has 0 aliphatic rings. The first-order valence-electron chi connectivity index (χ1n) is 10.8. The fourth-order valence-electron chi connectivity index (χ4n) is 3.82. The minimum Gasteiger partial charge on any atom is -0.617 e. The summed E-state index contributed by atoms with van der Waals surface area (Å²) in [6, 6.07) is 18.4. The Kier molecular flexibility index (Phi) is 7.42. The van der Waals surface area contributed by atoms with Crippen molar-refractivity contribution < 1.29 is 12.9 Å². The number of aromatic nitrogens is 2. The first kappa shape index (κ1) is 23.4. The van der Waals surface area contributed by atoms with Crippen molar-refractivity contribution in [1.29, 1.82) is 0 Å². The van der Waals surface area contributed by atoms with Crippen LogP contribution in [-0.4, -0.2) is 36.5 Å². The van der Waals surface area contributed by atoms with Crippen molar-refractivity contribution in [1.82, 2.24) is 9.97 Å². The number of nitrogens with zero attached hydrogens (tertiary/aromatic N) is 2. The summed E-state index contributed by atoms with van der Waals surface area (Å²) in [6.07, 6.45) is 6.89. The summed E-state index contributed by atoms with van der Waals surface area (Å²) in [5, 5.41) is 1.06. The first-order chi connectivity index (χ1) is 15.9. The topological polar surface area (TPSA) is 75.1 Å². The van der Waals surface area contributed by atoms with Gasteiger partial charge in [0.15, 0.2) is 5.75 Å². The Hall–Kier alpha value is -2.74. The number of hydrogen-bond acceptors (Lipinski definition) is 5. The molecule has 0 bridgehead atoms. The molecule has 33 heavy (non-hydrogen) atoms. The van der Waals surface area contributed by atoms with E-state index in [1.807, 2.05) is 31.2 Å². The van der Waals surface area contributed by atoms with Gasteiger partial charge in [-0.15, -0.1) is 0 Å². The van der Waals surface area contributed by atoms with Crippen LogP contribution < -0.4 is 4.18 Å². The molecule has 3 atom stereocenters. The van der Waals surface area contributed by atoms with Crippen molar-refractivity contribution in [3.05, 3.63) is 78.8 Å². The fraction of sp³-hybridized carbons (Fsp3) is 0.231. The van der Waals surface area contributed by atoms with Crippen LogP contribution in [0.4, 0.5) is 0 Å². The summed E-state index contributed by atoms with van der Waals surface area (Å²) in [5.74, 6) is 1.68. The number of fused-ring (bicyclic) bond motifs is 1. The molecule has 0 spiro atoms. The molecule has 0 saturated carbocycles. The van der Waals surface area contributed by atoms with Gasteiger partial charge in [0.05, 0.1) is 23.7 Å². The molecule has 0 radical (unpaired) electrons. The van der Waals surface area contributed by atoms with Crippen molar-refractivity contribution in [3.8, 4) is 28.0 Å². The molecule has 2 aromatic carbocycles. The maximum atomic E-state index is 11.8. The molecule has 4 aromatic rings. The monoisotopic (exact) mass is 478 g/mol. The van der Waals surface area contributed by atoms with Crippen LogP contribution >= 0.6 is 0 Å². The van der Waals surface area contributed by atoms with E-state index in [2.05, 4.69) is 47.2 Å². The zero-order valence-electron chi connectivity index (χ0n) is 18.9. The predicted molar refractivity (Wildman–Crippen MR) is 137 cm³/mol. The molecule has 0 saturated heterocycles. The Balaban J connectivity index is 1.78. The lowest BCUT2D eigenvalue weighted by Crippen LogP contribution is -2.10. The van der Waals surface area contributed by atoms with Gasteiger partial charge < -0.3 is 8.74 Å². The molecule has 7 heteroatoms. The van der Waals surface area contributed by atoms with E-state index in [1.165, 1.54) is 0 Å². The van der Waals surface area contributed by atoms with E-state index in [4.69, 9.17) is 4.18 Å². The highest BCUT2D eigenvalue weighted by atomic mass is 32.2. The van der Waals surface area contributed by atoms with Gasteiger partial charge in [-0.05, 0) is 47.0 Å². The normalized spacial score (nSPS) is 14.1. The van der Waals surface area contributed by atoms with Crippen molar-refractivity contribution in [2.24, 2.45) is 0 Å². The molecule has 170 valence electrons. The first-order valence-corrected chi connectivity index (χ1v) is 13.7. The second kappa shape index (κ2) is 10.5. The molecule has 0 aliphatic carbocycles. The zero-order chi connectivity index (χ0) is 23.4. The van der Waals surface area contributed by atoms with Gasteiger partial charge in [-0.2, -0.15) is 0 Å². The summed E-state index contributed by atoms with van der Waals surface area (Å²) in [7, 11) is 0. The van der Waals surface area contributed by atoms with Crippen LogP contribution in [0.25, 0.3) is 33.2 Å². The van der Waals surface area contributed by atoms with Crippen molar-refractivity contribution >= 4 is 33.2 Å². The van der Waals surface area contributed by atoms with Gasteiger partial charge in [0.25, 0.3) is 0 Å².